The molecule has 0 radical (unpaired) electrons. The number of aromatic nitrogens is 4. The van der Waals surface area contributed by atoms with Crippen LogP contribution in [0.2, 0.25) is 0 Å². The molecule has 8 heteroatoms. The van der Waals surface area contributed by atoms with Crippen molar-refractivity contribution in [3.63, 3.8) is 0 Å². The van der Waals surface area contributed by atoms with Crippen LogP contribution in [0, 0.1) is 0 Å². The van der Waals surface area contributed by atoms with Gasteiger partial charge in [0.2, 0.25) is 0 Å². The zero-order valence-electron chi connectivity index (χ0n) is 11.5. The first-order valence-electron chi connectivity index (χ1n) is 6.34. The zero-order valence-corrected chi connectivity index (χ0v) is 11.5. The number of anilines is 1. The van der Waals surface area contributed by atoms with Gasteiger partial charge < -0.3 is 25.3 Å². The minimum atomic E-state index is -0.805. The Morgan fingerprint density at radius 1 is 1.40 bits per heavy atom. The highest BCUT2D eigenvalue weighted by Gasteiger charge is 2.27. The van der Waals surface area contributed by atoms with Gasteiger partial charge in [-0.25, -0.2) is 15.0 Å². The van der Waals surface area contributed by atoms with Gasteiger partial charge in [-0.15, -0.1) is 0 Å². The highest BCUT2D eigenvalue weighted by molar-refractivity contribution is 5.81. The van der Waals surface area contributed by atoms with Crippen LogP contribution in [0.4, 0.5) is 5.82 Å². The molecule has 20 heavy (non-hydrogen) atoms. The van der Waals surface area contributed by atoms with E-state index in [-0.39, 0.29) is 12.6 Å². The van der Waals surface area contributed by atoms with E-state index in [1.165, 1.54) is 13.4 Å². The maximum atomic E-state index is 10.3. The second-order valence-electron chi connectivity index (χ2n) is 4.60. The third kappa shape index (κ3) is 2.58. The molecule has 2 heterocycles. The summed E-state index contributed by atoms with van der Waals surface area (Å²) >= 11 is 0. The van der Waals surface area contributed by atoms with Gasteiger partial charge in [-0.2, -0.15) is 0 Å². The lowest BCUT2D eigenvalue weighted by atomic mass is 10.0. The fraction of sp³-hybridized carbons (Fsp3) is 0.583. The van der Waals surface area contributed by atoms with E-state index in [9.17, 15) is 5.11 Å². The molecule has 4 N–H and O–H groups in total. The van der Waals surface area contributed by atoms with E-state index in [0.29, 0.717) is 23.4 Å². The molecule has 0 saturated carbocycles. The molecule has 0 aliphatic heterocycles. The number of fused-ring (bicyclic) bond motifs is 1. The molecule has 110 valence electrons. The molecule has 2 rings (SSSR count). The fourth-order valence-corrected chi connectivity index (χ4v) is 2.20. The monoisotopic (exact) mass is 281 g/mol. The Bertz CT molecular complexity index is 573. The number of nitrogens with zero attached hydrogens (tertiary/aromatic N) is 4. The van der Waals surface area contributed by atoms with Crippen molar-refractivity contribution in [1.29, 1.82) is 0 Å². The van der Waals surface area contributed by atoms with Crippen molar-refractivity contribution in [3.8, 4) is 0 Å². The van der Waals surface area contributed by atoms with Gasteiger partial charge in [0.25, 0.3) is 0 Å². The van der Waals surface area contributed by atoms with Crippen LogP contribution < -0.4 is 5.73 Å². The van der Waals surface area contributed by atoms with Crippen molar-refractivity contribution in [3.05, 3.63) is 12.7 Å². The van der Waals surface area contributed by atoms with Crippen LogP contribution in [0.1, 0.15) is 19.4 Å². The summed E-state index contributed by atoms with van der Waals surface area (Å²) in [4.78, 5) is 12.2. The van der Waals surface area contributed by atoms with E-state index < -0.39 is 12.2 Å². The third-order valence-corrected chi connectivity index (χ3v) is 3.42. The summed E-state index contributed by atoms with van der Waals surface area (Å²) in [5.41, 5.74) is 6.79. The maximum Gasteiger partial charge on any atom is 0.165 e. The number of imidazole rings is 1. The smallest absolute Gasteiger partial charge is 0.165 e. The standard InChI is InChI=1S/C12H19N5O3/c1-7(10(19)8(20-2)3-4-18)17-6-16-9-11(13)14-5-15-12(9)17/h5-8,10,18-19H,3-4H2,1-2H3,(H2,13,14,15)/t7-,8?,10-/m0/s1. The van der Waals surface area contributed by atoms with E-state index >= 15 is 0 Å². The molecule has 1 unspecified atom stereocenters. The summed E-state index contributed by atoms with van der Waals surface area (Å²) in [7, 11) is 1.50. The third-order valence-electron chi connectivity index (χ3n) is 3.42. The van der Waals surface area contributed by atoms with Crippen molar-refractivity contribution < 1.29 is 14.9 Å². The van der Waals surface area contributed by atoms with E-state index in [1.54, 1.807) is 10.9 Å². The summed E-state index contributed by atoms with van der Waals surface area (Å²) < 4.78 is 6.93. The van der Waals surface area contributed by atoms with Gasteiger partial charge in [0.05, 0.1) is 18.5 Å². The van der Waals surface area contributed by atoms with E-state index in [2.05, 4.69) is 15.0 Å². The topological polar surface area (TPSA) is 119 Å². The van der Waals surface area contributed by atoms with Crippen LogP contribution in [0.15, 0.2) is 12.7 Å². The number of nitrogen functional groups attached to an aromatic ring is 1. The van der Waals surface area contributed by atoms with Gasteiger partial charge in [0, 0.05) is 13.7 Å². The first-order valence-corrected chi connectivity index (χ1v) is 6.34. The molecule has 3 atom stereocenters. The average Bonchev–Trinajstić information content (AvgIpc) is 2.88. The van der Waals surface area contributed by atoms with E-state index in [4.69, 9.17) is 15.6 Å². The van der Waals surface area contributed by atoms with Crippen molar-refractivity contribution >= 4 is 17.0 Å². The predicted octanol–water partition coefficient (Wildman–Crippen LogP) is -0.272. The van der Waals surface area contributed by atoms with Crippen molar-refractivity contribution in [2.24, 2.45) is 0 Å². The second-order valence-corrected chi connectivity index (χ2v) is 4.60. The molecule has 0 spiro atoms. The summed E-state index contributed by atoms with van der Waals surface area (Å²) in [6.45, 7) is 1.77. The lowest BCUT2D eigenvalue weighted by Gasteiger charge is -2.27. The molecule has 2 aromatic heterocycles. The second kappa shape index (κ2) is 6.12. The van der Waals surface area contributed by atoms with Crippen LogP contribution in [-0.4, -0.2) is 55.7 Å². The Kier molecular flexibility index (Phi) is 4.48. The van der Waals surface area contributed by atoms with Crippen molar-refractivity contribution in [2.45, 2.75) is 31.6 Å². The molecule has 8 nitrogen and oxygen atoms in total. The SMILES string of the molecule is COC(CCO)[C@@H](O)[C@H](C)n1cnc2c(N)ncnc21. The largest absolute Gasteiger partial charge is 0.396 e. The van der Waals surface area contributed by atoms with Crippen LogP contribution in [0.3, 0.4) is 0 Å². The molecule has 0 fully saturated rings. The van der Waals surface area contributed by atoms with Gasteiger partial charge in [0.1, 0.15) is 17.9 Å². The Balaban J connectivity index is 2.31. The highest BCUT2D eigenvalue weighted by Crippen LogP contribution is 2.23. The summed E-state index contributed by atoms with van der Waals surface area (Å²) in [6, 6.07) is -0.328. The Morgan fingerprint density at radius 2 is 2.15 bits per heavy atom. The van der Waals surface area contributed by atoms with Crippen LogP contribution >= 0.6 is 0 Å². The van der Waals surface area contributed by atoms with Gasteiger partial charge in [-0.3, -0.25) is 0 Å². The Morgan fingerprint density at radius 3 is 2.80 bits per heavy atom. The number of hydrogen-bond acceptors (Lipinski definition) is 7. The number of rotatable bonds is 6. The lowest BCUT2D eigenvalue weighted by Crippen LogP contribution is -2.35. The Hall–Kier alpha value is -1.77. The number of hydrogen-bond donors (Lipinski definition) is 3. The first kappa shape index (κ1) is 14.6. The summed E-state index contributed by atoms with van der Waals surface area (Å²) in [5.74, 6) is 0.300. The van der Waals surface area contributed by atoms with Crippen molar-refractivity contribution in [2.75, 3.05) is 19.5 Å². The average molecular weight is 281 g/mol. The molecule has 0 aliphatic carbocycles. The number of nitrogens with two attached hydrogens (primary N) is 1. The molecule has 2 aromatic rings. The Labute approximate surface area is 116 Å². The number of aliphatic hydroxyl groups excluding tert-OH is 2. The molecule has 0 amide bonds. The van der Waals surface area contributed by atoms with Gasteiger partial charge in [-0.1, -0.05) is 0 Å². The fourth-order valence-electron chi connectivity index (χ4n) is 2.20. The number of methoxy groups -OCH3 is 1. The zero-order chi connectivity index (χ0) is 14.7. The van der Waals surface area contributed by atoms with E-state index in [1.807, 2.05) is 6.92 Å². The van der Waals surface area contributed by atoms with Crippen LogP contribution in [0.25, 0.3) is 11.2 Å². The predicted molar refractivity (Wildman–Crippen MR) is 73.0 cm³/mol. The number of aliphatic hydroxyl groups is 2. The minimum Gasteiger partial charge on any atom is -0.396 e. The molecule has 0 saturated heterocycles. The molecular weight excluding hydrogens is 262 g/mol. The van der Waals surface area contributed by atoms with Gasteiger partial charge in [-0.05, 0) is 13.3 Å². The number of ether oxygens (including phenoxy) is 1. The van der Waals surface area contributed by atoms with Crippen LogP contribution in [-0.2, 0) is 4.74 Å². The van der Waals surface area contributed by atoms with Gasteiger partial charge >= 0.3 is 0 Å². The molecule has 0 aromatic carbocycles. The highest BCUT2D eigenvalue weighted by atomic mass is 16.5. The lowest BCUT2D eigenvalue weighted by molar-refractivity contribution is -0.0439. The van der Waals surface area contributed by atoms with E-state index in [0.717, 1.165) is 0 Å². The normalized spacial score (nSPS) is 16.2. The van der Waals surface area contributed by atoms with Crippen LogP contribution in [0.5, 0.6) is 0 Å². The maximum absolute atomic E-state index is 10.3. The minimum absolute atomic E-state index is 0.0535. The first-order chi connectivity index (χ1) is 9.60. The van der Waals surface area contributed by atoms with Crippen molar-refractivity contribution in [1.82, 2.24) is 19.5 Å². The molecule has 0 aliphatic rings. The van der Waals surface area contributed by atoms with Gasteiger partial charge in [0.15, 0.2) is 11.5 Å². The molecular formula is C12H19N5O3. The quantitative estimate of drug-likeness (QED) is 0.666. The molecule has 0 bridgehead atoms. The summed E-state index contributed by atoms with van der Waals surface area (Å²) in [5, 5.41) is 19.3. The summed E-state index contributed by atoms with van der Waals surface area (Å²) in [6.07, 6.45) is 2.00.